The molecule has 0 radical (unpaired) electrons. The number of rotatable bonds is 8. The summed E-state index contributed by atoms with van der Waals surface area (Å²) < 4.78 is 0. The third-order valence-corrected chi connectivity index (χ3v) is 64.8. The van der Waals surface area contributed by atoms with Crippen LogP contribution in [0.3, 0.4) is 0 Å². The molecule has 0 saturated carbocycles. The molecule has 0 aliphatic carbocycles. The minimum Gasteiger partial charge on any atom is -0.0715 e. The van der Waals surface area contributed by atoms with E-state index in [1.54, 1.807) is 17.0 Å². The summed E-state index contributed by atoms with van der Waals surface area (Å²) in [5.41, 5.74) is 5.02. The van der Waals surface area contributed by atoms with Gasteiger partial charge in [0.1, 0.15) is 0 Å². The smallest absolute Gasteiger partial charge is 0.0414 e. The highest BCUT2D eigenvalue weighted by Crippen LogP contribution is 2.38. The molecule has 0 saturated heterocycles. The van der Waals surface area contributed by atoms with Crippen LogP contribution in [-0.2, 0) is 0 Å². The van der Waals surface area contributed by atoms with Crippen LogP contribution in [0.1, 0.15) is 0 Å². The van der Waals surface area contributed by atoms with Crippen molar-refractivity contribution < 1.29 is 0 Å². The van der Waals surface area contributed by atoms with Crippen LogP contribution >= 0.6 is 0 Å². The molecule has 0 aromatic heterocycles. The van der Waals surface area contributed by atoms with Gasteiger partial charge in [-0.15, -0.1) is 0 Å². The van der Waals surface area contributed by atoms with Crippen molar-refractivity contribution in [2.75, 3.05) is 0 Å². The molecule has 0 aromatic rings. The summed E-state index contributed by atoms with van der Waals surface area (Å²) >= 11 is 0. The third kappa shape index (κ3) is 7.60. The number of hydrogen-bond acceptors (Lipinski definition) is 0. The van der Waals surface area contributed by atoms with Crippen LogP contribution in [0.25, 0.3) is 0 Å². The second kappa shape index (κ2) is 7.14. The van der Waals surface area contributed by atoms with Crippen molar-refractivity contribution in [1.29, 1.82) is 0 Å². The molecule has 0 spiro atoms. The Morgan fingerprint density at radius 1 is 0.304 bits per heavy atom. The zero-order chi connectivity index (χ0) is 19.1. The summed E-state index contributed by atoms with van der Waals surface area (Å²) in [6, 6.07) is 0. The van der Waals surface area contributed by atoms with Gasteiger partial charge in [0.15, 0.2) is 0 Å². The topological polar surface area (TPSA) is 0 Å². The van der Waals surface area contributed by atoms with Crippen molar-refractivity contribution in [3.63, 3.8) is 0 Å². The van der Waals surface area contributed by atoms with Gasteiger partial charge in [0, 0.05) is 46.5 Å². The Labute approximate surface area is 154 Å². The average Bonchev–Trinajstić information content (AvgIpc) is 2.05. The Bertz CT molecular complexity index is 358. The normalized spacial score (nSPS) is 15.9. The Kier molecular flexibility index (Phi) is 7.54. The van der Waals surface area contributed by atoms with Gasteiger partial charge in [0.25, 0.3) is 0 Å². The first-order valence-corrected chi connectivity index (χ1v) is 31.9. The predicted molar refractivity (Wildman–Crippen MR) is 131 cm³/mol. The highest BCUT2D eigenvalue weighted by atomic mass is 29.3. The molecule has 0 unspecified atom stereocenters. The van der Waals surface area contributed by atoms with Crippen molar-refractivity contribution in [2.24, 2.45) is 0 Å². The first kappa shape index (κ1) is 24.3. The van der Waals surface area contributed by atoms with Crippen molar-refractivity contribution in [3.8, 4) is 0 Å². The van der Waals surface area contributed by atoms with Crippen molar-refractivity contribution >= 4 is 46.5 Å². The van der Waals surface area contributed by atoms with Gasteiger partial charge in [-0.05, 0) is 0 Å². The van der Waals surface area contributed by atoms with Gasteiger partial charge in [0.05, 0.1) is 0 Å². The molecule has 0 fully saturated rings. The van der Waals surface area contributed by atoms with E-state index in [4.69, 9.17) is 0 Å². The van der Waals surface area contributed by atoms with Crippen LogP contribution in [0.4, 0.5) is 0 Å². The van der Waals surface area contributed by atoms with E-state index in [-0.39, 0.29) is 0 Å². The highest BCUT2D eigenvalue weighted by molar-refractivity contribution is 7.52. The maximum absolute atomic E-state index is 2.78. The van der Waals surface area contributed by atoms with E-state index in [1.165, 1.54) is 0 Å². The van der Waals surface area contributed by atoms with Crippen LogP contribution in [0, 0.1) is 0 Å². The van der Waals surface area contributed by atoms with Gasteiger partial charge >= 0.3 is 0 Å². The van der Waals surface area contributed by atoms with Gasteiger partial charge < -0.3 is 0 Å². The van der Waals surface area contributed by atoms with Gasteiger partial charge in [-0.1, -0.05) is 109 Å². The third-order valence-electron chi connectivity index (χ3n) is 6.49. The molecule has 0 aromatic carbocycles. The van der Waals surface area contributed by atoms with Gasteiger partial charge in [-0.2, -0.15) is 0 Å². The summed E-state index contributed by atoms with van der Waals surface area (Å²) in [6.07, 6.45) is 0. The molecular weight excluding hydrogens is 373 g/mol. The molecule has 0 rings (SSSR count). The van der Waals surface area contributed by atoms with E-state index >= 15 is 0 Å². The first-order valence-electron chi connectivity index (χ1n) is 9.62. The zero-order valence-electron chi connectivity index (χ0n) is 19.1. The Morgan fingerprint density at radius 3 is 0.652 bits per heavy atom. The van der Waals surface area contributed by atoms with E-state index in [0.717, 1.165) is 0 Å². The van der Waals surface area contributed by atoms with E-state index in [2.05, 4.69) is 91.7 Å². The SMILES string of the molecule is C[Si](C)(C)C[Si](C)(C)[Si](C)(C)C[Si](C)(C)[Si](C)(C)C[Si](C)(C)C. The van der Waals surface area contributed by atoms with Gasteiger partial charge in [0.2, 0.25) is 0 Å². The second-order valence-electron chi connectivity index (χ2n) is 13.2. The molecule has 0 aliphatic rings. The van der Waals surface area contributed by atoms with Gasteiger partial charge in [-0.25, -0.2) is 0 Å². The molecule has 0 heterocycles. The minimum absolute atomic E-state index is 0.932. The summed E-state index contributed by atoms with van der Waals surface area (Å²) in [7, 11) is -6.10. The molecule has 0 atom stereocenters. The Morgan fingerprint density at radius 2 is 0.478 bits per heavy atom. The maximum atomic E-state index is 2.78. The zero-order valence-corrected chi connectivity index (χ0v) is 25.1. The predicted octanol–water partition coefficient (Wildman–Crippen LogP) is 7.27. The molecule has 0 amide bonds. The molecule has 0 aliphatic heterocycles. The van der Waals surface area contributed by atoms with Crippen LogP contribution in [0.15, 0.2) is 0 Å². The van der Waals surface area contributed by atoms with Crippen LogP contribution < -0.4 is 0 Å². The fourth-order valence-corrected chi connectivity index (χ4v) is 78.7. The van der Waals surface area contributed by atoms with Crippen molar-refractivity contribution in [3.05, 3.63) is 0 Å². The van der Waals surface area contributed by atoms with Crippen LogP contribution in [-0.4, -0.2) is 46.5 Å². The summed E-state index contributed by atoms with van der Waals surface area (Å²) in [4.78, 5) is 0. The molecule has 0 nitrogen and oxygen atoms in total. The lowest BCUT2D eigenvalue weighted by atomic mass is 11.7. The second-order valence-corrected chi connectivity index (χ2v) is 59.0. The van der Waals surface area contributed by atoms with Crippen molar-refractivity contribution in [2.45, 2.75) is 109 Å². The van der Waals surface area contributed by atoms with E-state index in [9.17, 15) is 0 Å². The fourth-order valence-electron chi connectivity index (χ4n) is 4.71. The number of hydrogen-bond donors (Lipinski definition) is 0. The van der Waals surface area contributed by atoms with Crippen LogP contribution in [0.2, 0.25) is 109 Å². The van der Waals surface area contributed by atoms with Crippen molar-refractivity contribution in [1.82, 2.24) is 0 Å². The quantitative estimate of drug-likeness (QED) is 0.362. The molecule has 0 N–H and O–H groups in total. The largest absolute Gasteiger partial charge is 0.0715 e. The highest BCUT2D eigenvalue weighted by Gasteiger charge is 2.51. The Balaban J connectivity index is 5.41. The van der Waals surface area contributed by atoms with Crippen LogP contribution in [0.5, 0.6) is 0 Å². The van der Waals surface area contributed by atoms with E-state index in [0.29, 0.717) is 0 Å². The minimum atomic E-state index is -1.08. The maximum Gasteiger partial charge on any atom is 0.0414 e. The fraction of sp³-hybridized carbons (Fsp3) is 1.00. The van der Waals surface area contributed by atoms with E-state index < -0.39 is 46.5 Å². The molecule has 0 bridgehead atoms. The average molecular weight is 421 g/mol. The summed E-state index contributed by atoms with van der Waals surface area (Å²) in [5, 5.41) is 0. The standard InChI is InChI=1S/C17H48Si6/c1-18(2,3)15-20(7,8)22(11,12)17-23(13,14)21(9,10)16-19(4,5)6/h15-17H2,1-14H3. The summed E-state index contributed by atoms with van der Waals surface area (Å²) in [5.74, 6) is 0. The van der Waals surface area contributed by atoms with E-state index in [1.807, 2.05) is 0 Å². The lowest BCUT2D eigenvalue weighted by Gasteiger charge is -2.50. The Hall–Kier alpha value is 1.30. The monoisotopic (exact) mass is 420 g/mol. The molecule has 6 heteroatoms. The lowest BCUT2D eigenvalue weighted by Crippen LogP contribution is -2.67. The summed E-state index contributed by atoms with van der Waals surface area (Å²) in [6.45, 7) is 37.8. The first-order chi connectivity index (χ1) is 9.62. The molecule has 140 valence electrons. The molecule has 23 heavy (non-hydrogen) atoms. The van der Waals surface area contributed by atoms with Gasteiger partial charge in [-0.3, -0.25) is 0 Å². The molecular formula is C17H48Si6. The lowest BCUT2D eigenvalue weighted by molar-refractivity contribution is 1.49.